The maximum absolute atomic E-state index is 10.6. The van der Waals surface area contributed by atoms with Crippen molar-refractivity contribution in [3.8, 4) is 5.75 Å². The van der Waals surface area contributed by atoms with Crippen LogP contribution < -0.4 is 4.52 Å². The Balaban J connectivity index is 3.01. The van der Waals surface area contributed by atoms with Gasteiger partial charge >= 0.3 is 13.8 Å². The van der Waals surface area contributed by atoms with E-state index < -0.39 is 13.8 Å². The molecule has 0 aliphatic heterocycles. The van der Waals surface area contributed by atoms with E-state index in [0.29, 0.717) is 0 Å². The minimum Gasteiger partial charge on any atom is -0.478 e. The molecule has 0 saturated heterocycles. The lowest BCUT2D eigenvalue weighted by atomic mass is 10.2. The van der Waals surface area contributed by atoms with Gasteiger partial charge in [-0.05, 0) is 12.1 Å². The molecule has 6 nitrogen and oxygen atoms in total. The maximum Gasteiger partial charge on any atom is 0.524 e. The van der Waals surface area contributed by atoms with Gasteiger partial charge in [-0.3, -0.25) is 9.79 Å². The summed E-state index contributed by atoms with van der Waals surface area (Å²) < 4.78 is 15.0. The fourth-order valence-electron chi connectivity index (χ4n) is 0.991. The summed E-state index contributed by atoms with van der Waals surface area (Å²) in [6.45, 7) is 0. The second-order valence-corrected chi connectivity index (χ2v) is 3.95. The summed E-state index contributed by atoms with van der Waals surface area (Å²) in [5, 5.41) is 8.42. The van der Waals surface area contributed by atoms with Crippen LogP contribution in [0, 0.1) is 0 Å². The number of aliphatic carboxylic acids is 1. The van der Waals surface area contributed by atoms with Crippen LogP contribution in [0.15, 0.2) is 30.3 Å². The van der Waals surface area contributed by atoms with E-state index >= 15 is 0 Å². The smallest absolute Gasteiger partial charge is 0.478 e. The molecule has 0 unspecified atom stereocenters. The molecule has 0 heterocycles. The van der Waals surface area contributed by atoms with Gasteiger partial charge in [0.1, 0.15) is 5.75 Å². The van der Waals surface area contributed by atoms with E-state index in [0.717, 1.165) is 6.08 Å². The van der Waals surface area contributed by atoms with Crippen molar-refractivity contribution in [1.82, 2.24) is 0 Å². The zero-order valence-corrected chi connectivity index (χ0v) is 8.87. The molecule has 86 valence electrons. The van der Waals surface area contributed by atoms with E-state index in [1.807, 2.05) is 0 Å². The van der Waals surface area contributed by atoms with Crippen molar-refractivity contribution in [3.63, 3.8) is 0 Å². The molecule has 3 N–H and O–H groups in total. The molecule has 7 heteroatoms. The molecule has 0 amide bonds. The maximum atomic E-state index is 10.6. The summed E-state index contributed by atoms with van der Waals surface area (Å²) in [6.07, 6.45) is 2.04. The van der Waals surface area contributed by atoms with Crippen LogP contribution in [0.3, 0.4) is 0 Å². The monoisotopic (exact) mass is 244 g/mol. The molecule has 1 aromatic carbocycles. The number of benzene rings is 1. The first-order chi connectivity index (χ1) is 7.38. The van der Waals surface area contributed by atoms with Crippen LogP contribution in [0.1, 0.15) is 5.56 Å². The third-order valence-corrected chi connectivity index (χ3v) is 1.98. The minimum absolute atomic E-state index is 0.0756. The van der Waals surface area contributed by atoms with E-state index in [4.69, 9.17) is 14.9 Å². The van der Waals surface area contributed by atoms with Crippen molar-refractivity contribution >= 4 is 19.9 Å². The number of carbonyl (C=O) groups is 1. The molecular weight excluding hydrogens is 235 g/mol. The zero-order valence-electron chi connectivity index (χ0n) is 7.98. The number of rotatable bonds is 4. The van der Waals surface area contributed by atoms with Gasteiger partial charge in [-0.25, -0.2) is 9.36 Å². The lowest BCUT2D eigenvalue weighted by Crippen LogP contribution is -1.93. The summed E-state index contributed by atoms with van der Waals surface area (Å²) in [5.74, 6) is -1.24. The van der Waals surface area contributed by atoms with Gasteiger partial charge in [-0.1, -0.05) is 18.2 Å². The van der Waals surface area contributed by atoms with Crippen LogP contribution in [-0.4, -0.2) is 20.9 Å². The predicted octanol–water partition coefficient (Wildman–Crippen LogP) is 1.26. The number of phosphoric ester groups is 1. The number of hydrogen-bond donors (Lipinski definition) is 3. The molecule has 0 spiro atoms. The molecule has 0 aliphatic rings. The predicted molar refractivity (Wildman–Crippen MR) is 55.8 cm³/mol. The fraction of sp³-hybridized carbons (Fsp3) is 0. The highest BCUT2D eigenvalue weighted by atomic mass is 31.2. The quantitative estimate of drug-likeness (QED) is 0.544. The van der Waals surface area contributed by atoms with Gasteiger partial charge in [-0.2, -0.15) is 0 Å². The van der Waals surface area contributed by atoms with Gasteiger partial charge in [0.25, 0.3) is 0 Å². The van der Waals surface area contributed by atoms with Gasteiger partial charge in [0.2, 0.25) is 0 Å². The molecule has 0 saturated carbocycles. The Morgan fingerprint density at radius 2 is 1.94 bits per heavy atom. The summed E-state index contributed by atoms with van der Waals surface area (Å²) in [6, 6.07) is 5.92. The highest BCUT2D eigenvalue weighted by Crippen LogP contribution is 2.39. The average molecular weight is 244 g/mol. The van der Waals surface area contributed by atoms with Crippen LogP contribution in [0.4, 0.5) is 0 Å². The number of carboxylic acid groups (broad SMARTS) is 1. The Morgan fingerprint density at radius 3 is 2.50 bits per heavy atom. The van der Waals surface area contributed by atoms with Crippen LogP contribution in [0.2, 0.25) is 0 Å². The topological polar surface area (TPSA) is 104 Å². The second-order valence-electron chi connectivity index (χ2n) is 2.79. The highest BCUT2D eigenvalue weighted by molar-refractivity contribution is 7.46. The van der Waals surface area contributed by atoms with Crippen LogP contribution >= 0.6 is 7.82 Å². The molecule has 0 bridgehead atoms. The molecule has 0 aliphatic carbocycles. The molecule has 1 aromatic rings. The Morgan fingerprint density at radius 1 is 1.31 bits per heavy atom. The molecule has 16 heavy (non-hydrogen) atoms. The lowest BCUT2D eigenvalue weighted by molar-refractivity contribution is -0.131. The summed E-state index contributed by atoms with van der Waals surface area (Å²) >= 11 is 0. The summed E-state index contributed by atoms with van der Waals surface area (Å²) in [4.78, 5) is 27.5. The molecule has 0 atom stereocenters. The van der Waals surface area contributed by atoms with E-state index in [1.54, 1.807) is 6.07 Å². The SMILES string of the molecule is O=C(O)/C=C\c1ccccc1OP(=O)(O)O. The summed E-state index contributed by atoms with van der Waals surface area (Å²) in [7, 11) is -4.64. The highest BCUT2D eigenvalue weighted by Gasteiger charge is 2.17. The first-order valence-corrected chi connectivity index (χ1v) is 5.67. The van der Waals surface area contributed by atoms with Crippen molar-refractivity contribution in [3.05, 3.63) is 35.9 Å². The normalized spacial score (nSPS) is 11.6. The Kier molecular flexibility index (Phi) is 3.84. The standard InChI is InChI=1S/C9H9O6P/c10-9(11)6-5-7-3-1-2-4-8(7)15-16(12,13)14/h1-6H,(H,10,11)(H2,12,13,14)/b6-5-. The molecular formula is C9H9O6P. The van der Waals surface area contributed by atoms with Gasteiger partial charge in [-0.15, -0.1) is 0 Å². The Labute approximate surface area is 91.0 Å². The van der Waals surface area contributed by atoms with Crippen molar-refractivity contribution in [2.75, 3.05) is 0 Å². The van der Waals surface area contributed by atoms with E-state index in [9.17, 15) is 9.36 Å². The van der Waals surface area contributed by atoms with Gasteiger partial charge < -0.3 is 9.63 Å². The van der Waals surface area contributed by atoms with Crippen LogP contribution in [0.5, 0.6) is 5.75 Å². The number of phosphoric acid groups is 1. The number of carboxylic acids is 1. The van der Waals surface area contributed by atoms with Gasteiger partial charge in [0.15, 0.2) is 0 Å². The molecule has 1 rings (SSSR count). The van der Waals surface area contributed by atoms with Crippen LogP contribution in [0.25, 0.3) is 6.08 Å². The van der Waals surface area contributed by atoms with Crippen molar-refractivity contribution in [1.29, 1.82) is 0 Å². The molecule has 0 radical (unpaired) electrons. The van der Waals surface area contributed by atoms with Crippen molar-refractivity contribution < 1.29 is 28.8 Å². The van der Waals surface area contributed by atoms with Crippen molar-refractivity contribution in [2.45, 2.75) is 0 Å². The van der Waals surface area contributed by atoms with E-state index in [1.165, 1.54) is 24.3 Å². The number of hydrogen-bond acceptors (Lipinski definition) is 3. The average Bonchev–Trinajstić information content (AvgIpc) is 2.14. The van der Waals surface area contributed by atoms with Gasteiger partial charge in [0.05, 0.1) is 0 Å². The Bertz CT molecular complexity index is 461. The van der Waals surface area contributed by atoms with E-state index in [2.05, 4.69) is 4.52 Å². The van der Waals surface area contributed by atoms with Crippen LogP contribution in [-0.2, 0) is 9.36 Å². The van der Waals surface area contributed by atoms with E-state index in [-0.39, 0.29) is 11.3 Å². The largest absolute Gasteiger partial charge is 0.524 e. The molecule has 0 aromatic heterocycles. The minimum atomic E-state index is -4.64. The first kappa shape index (κ1) is 12.4. The van der Waals surface area contributed by atoms with Crippen molar-refractivity contribution in [2.24, 2.45) is 0 Å². The second kappa shape index (κ2) is 4.94. The Hall–Kier alpha value is -1.62. The number of para-hydroxylation sites is 1. The summed E-state index contributed by atoms with van der Waals surface area (Å²) in [5.41, 5.74) is 0.272. The third-order valence-electron chi connectivity index (χ3n) is 1.54. The third kappa shape index (κ3) is 4.27. The molecule has 0 fully saturated rings. The van der Waals surface area contributed by atoms with Gasteiger partial charge in [0, 0.05) is 11.6 Å². The lowest BCUT2D eigenvalue weighted by Gasteiger charge is -2.08. The zero-order chi connectivity index (χ0) is 12.2. The first-order valence-electron chi connectivity index (χ1n) is 4.14. The fourth-order valence-corrected chi connectivity index (χ4v) is 1.41.